The van der Waals surface area contributed by atoms with Gasteiger partial charge in [-0.15, -0.1) is 0 Å². The molecule has 1 unspecified atom stereocenters. The van der Waals surface area contributed by atoms with Crippen molar-refractivity contribution in [2.45, 2.75) is 18.4 Å². The maximum Gasteiger partial charge on any atom is 0.322 e. The van der Waals surface area contributed by atoms with Gasteiger partial charge in [0.2, 0.25) is 0 Å². The number of aromatic nitrogens is 1. The zero-order chi connectivity index (χ0) is 15.2. The highest BCUT2D eigenvalue weighted by Gasteiger charge is 2.49. The first-order valence-electron chi connectivity index (χ1n) is 6.66. The average molecular weight is 311 g/mol. The number of piperidine rings is 1. The summed E-state index contributed by atoms with van der Waals surface area (Å²) in [5, 5.41) is 5.37. The number of hydrogen-bond acceptors (Lipinski definition) is 3. The number of halogens is 1. The number of hydrogen-bond donors (Lipinski definition) is 2. The summed E-state index contributed by atoms with van der Waals surface area (Å²) in [5.74, 6) is -0.563. The molecule has 3 rings (SSSR count). The third-order valence-corrected chi connectivity index (χ3v) is 4.19. The van der Waals surface area contributed by atoms with E-state index in [9.17, 15) is 14.4 Å². The zero-order valence-corrected chi connectivity index (χ0v) is 12.2. The highest BCUT2D eigenvalue weighted by atomic mass is 35.5. The van der Waals surface area contributed by atoms with E-state index in [2.05, 4.69) is 10.6 Å². The van der Waals surface area contributed by atoms with Crippen LogP contribution < -0.4 is 10.6 Å². The number of likely N-dealkylation sites (tertiary alicyclic amines) is 1. The molecule has 2 fully saturated rings. The van der Waals surface area contributed by atoms with Gasteiger partial charge in [0.25, 0.3) is 11.8 Å². The van der Waals surface area contributed by atoms with E-state index in [1.54, 1.807) is 28.8 Å². The van der Waals surface area contributed by atoms with Crippen molar-refractivity contribution in [3.8, 4) is 0 Å². The molecule has 0 radical (unpaired) electrons. The fraction of sp³-hybridized carbons (Fsp3) is 0.462. The predicted molar refractivity (Wildman–Crippen MR) is 75.0 cm³/mol. The summed E-state index contributed by atoms with van der Waals surface area (Å²) in [4.78, 5) is 37.5. The monoisotopic (exact) mass is 310 g/mol. The van der Waals surface area contributed by atoms with Gasteiger partial charge < -0.3 is 14.8 Å². The van der Waals surface area contributed by atoms with Gasteiger partial charge in [-0.3, -0.25) is 14.9 Å². The Morgan fingerprint density at radius 1 is 1.43 bits per heavy atom. The summed E-state index contributed by atoms with van der Waals surface area (Å²) < 4.78 is 1.65. The lowest BCUT2D eigenvalue weighted by molar-refractivity contribution is -0.125. The number of urea groups is 1. The molecule has 1 spiro atoms. The molecule has 0 saturated carbocycles. The van der Waals surface area contributed by atoms with Gasteiger partial charge in [0, 0.05) is 19.8 Å². The van der Waals surface area contributed by atoms with Crippen LogP contribution >= 0.6 is 11.6 Å². The van der Waals surface area contributed by atoms with Gasteiger partial charge in [0.15, 0.2) is 0 Å². The lowest BCUT2D eigenvalue weighted by atomic mass is 9.89. The van der Waals surface area contributed by atoms with Crippen molar-refractivity contribution in [2.75, 3.05) is 13.1 Å². The lowest BCUT2D eigenvalue weighted by Gasteiger charge is -2.38. The van der Waals surface area contributed by atoms with Gasteiger partial charge in [-0.25, -0.2) is 4.79 Å². The smallest absolute Gasteiger partial charge is 0.322 e. The van der Waals surface area contributed by atoms with E-state index in [1.165, 1.54) is 0 Å². The first-order valence-corrected chi connectivity index (χ1v) is 7.04. The van der Waals surface area contributed by atoms with Crippen LogP contribution in [0.3, 0.4) is 0 Å². The number of amides is 4. The summed E-state index contributed by atoms with van der Waals surface area (Å²) in [6.07, 6.45) is 2.83. The Hall–Kier alpha value is -2.02. The standard InChI is InChI=1S/C13H15ClN4O3/c1-17-6-8(14)5-9(17)10(19)18-4-2-3-13(7-18)11(20)15-12(21)16-13/h5-6H,2-4,7H2,1H3,(H2,15,16,20,21). The van der Waals surface area contributed by atoms with Crippen LogP contribution in [0.2, 0.25) is 5.02 Å². The number of aryl methyl sites for hydroxylation is 1. The molecule has 1 atom stereocenters. The normalized spacial score (nSPS) is 25.1. The van der Waals surface area contributed by atoms with Crippen LogP contribution in [0.15, 0.2) is 12.3 Å². The molecular weight excluding hydrogens is 296 g/mol. The number of rotatable bonds is 1. The molecule has 3 heterocycles. The third-order valence-electron chi connectivity index (χ3n) is 3.98. The predicted octanol–water partition coefficient (Wildman–Crippen LogP) is 0.493. The van der Waals surface area contributed by atoms with E-state index in [0.717, 1.165) is 0 Å². The number of carbonyl (C=O) groups is 3. The van der Waals surface area contributed by atoms with Gasteiger partial charge in [-0.05, 0) is 18.9 Å². The highest BCUT2D eigenvalue weighted by Crippen LogP contribution is 2.26. The Labute approximate surface area is 126 Å². The molecule has 1 aromatic rings. The van der Waals surface area contributed by atoms with Gasteiger partial charge in [0.1, 0.15) is 11.2 Å². The number of imide groups is 1. The Bertz CT molecular complexity index is 641. The Balaban J connectivity index is 1.83. The van der Waals surface area contributed by atoms with Crippen molar-refractivity contribution in [2.24, 2.45) is 7.05 Å². The van der Waals surface area contributed by atoms with E-state index in [-0.39, 0.29) is 18.4 Å². The summed E-state index contributed by atoms with van der Waals surface area (Å²) in [6.45, 7) is 0.721. The number of nitrogens with one attached hydrogen (secondary N) is 2. The SMILES string of the molecule is Cn1cc(Cl)cc1C(=O)N1CCCC2(C1)NC(=O)NC2=O. The minimum absolute atomic E-state index is 0.173. The van der Waals surface area contributed by atoms with Crippen molar-refractivity contribution in [1.82, 2.24) is 20.1 Å². The molecular formula is C13H15ClN4O3. The lowest BCUT2D eigenvalue weighted by Crippen LogP contribution is -2.59. The first-order chi connectivity index (χ1) is 9.91. The van der Waals surface area contributed by atoms with E-state index < -0.39 is 11.6 Å². The first kappa shape index (κ1) is 13.9. The van der Waals surface area contributed by atoms with Crippen molar-refractivity contribution < 1.29 is 14.4 Å². The molecule has 0 bridgehead atoms. The van der Waals surface area contributed by atoms with Gasteiger partial charge >= 0.3 is 6.03 Å². The van der Waals surface area contributed by atoms with Crippen LogP contribution in [-0.2, 0) is 11.8 Å². The van der Waals surface area contributed by atoms with Crippen LogP contribution in [0.25, 0.3) is 0 Å². The molecule has 4 amide bonds. The van der Waals surface area contributed by atoms with Crippen LogP contribution in [0.1, 0.15) is 23.3 Å². The maximum atomic E-state index is 12.6. The molecule has 2 saturated heterocycles. The van der Waals surface area contributed by atoms with Crippen molar-refractivity contribution >= 4 is 29.4 Å². The Morgan fingerprint density at radius 2 is 2.19 bits per heavy atom. The minimum atomic E-state index is -1.00. The topological polar surface area (TPSA) is 83.4 Å². The molecule has 2 aliphatic heterocycles. The largest absolute Gasteiger partial charge is 0.345 e. The second-order valence-corrected chi connectivity index (χ2v) is 5.91. The highest BCUT2D eigenvalue weighted by molar-refractivity contribution is 6.31. The van der Waals surface area contributed by atoms with Gasteiger partial charge in [-0.1, -0.05) is 11.6 Å². The molecule has 21 heavy (non-hydrogen) atoms. The molecule has 1 aromatic heterocycles. The second-order valence-electron chi connectivity index (χ2n) is 5.48. The van der Waals surface area contributed by atoms with E-state index in [1.807, 2.05) is 0 Å². The molecule has 2 N–H and O–H groups in total. The van der Waals surface area contributed by atoms with Crippen molar-refractivity contribution in [1.29, 1.82) is 0 Å². The Morgan fingerprint density at radius 3 is 2.76 bits per heavy atom. The van der Waals surface area contributed by atoms with Crippen LogP contribution in [0.4, 0.5) is 4.79 Å². The van der Waals surface area contributed by atoms with Crippen molar-refractivity contribution in [3.63, 3.8) is 0 Å². The molecule has 112 valence electrons. The minimum Gasteiger partial charge on any atom is -0.345 e. The van der Waals surface area contributed by atoms with E-state index in [0.29, 0.717) is 30.1 Å². The fourth-order valence-electron chi connectivity index (χ4n) is 2.94. The molecule has 0 aliphatic carbocycles. The van der Waals surface area contributed by atoms with Gasteiger partial charge in [0.05, 0.1) is 11.6 Å². The van der Waals surface area contributed by atoms with Crippen LogP contribution in [0, 0.1) is 0 Å². The molecule has 7 nitrogen and oxygen atoms in total. The number of nitrogens with zero attached hydrogens (tertiary/aromatic N) is 2. The summed E-state index contributed by atoms with van der Waals surface area (Å²) in [6, 6.07) is 1.09. The van der Waals surface area contributed by atoms with Crippen LogP contribution in [-0.4, -0.2) is 45.9 Å². The Kier molecular flexibility index (Phi) is 3.16. The second kappa shape index (κ2) is 4.77. The fourth-order valence-corrected chi connectivity index (χ4v) is 3.19. The third kappa shape index (κ3) is 2.27. The summed E-state index contributed by atoms with van der Waals surface area (Å²) >= 11 is 5.90. The maximum absolute atomic E-state index is 12.6. The summed E-state index contributed by atoms with van der Waals surface area (Å²) in [5.41, 5.74) is -0.540. The van der Waals surface area contributed by atoms with Crippen molar-refractivity contribution in [3.05, 3.63) is 23.0 Å². The van der Waals surface area contributed by atoms with E-state index in [4.69, 9.17) is 11.6 Å². The van der Waals surface area contributed by atoms with E-state index >= 15 is 0 Å². The molecule has 2 aliphatic rings. The van der Waals surface area contributed by atoms with Gasteiger partial charge in [-0.2, -0.15) is 0 Å². The quantitative estimate of drug-likeness (QED) is 0.741. The van der Waals surface area contributed by atoms with Crippen LogP contribution in [0.5, 0.6) is 0 Å². The molecule has 0 aromatic carbocycles. The summed E-state index contributed by atoms with van der Waals surface area (Å²) in [7, 11) is 1.74. The zero-order valence-electron chi connectivity index (χ0n) is 11.5. The molecule has 8 heteroatoms. The average Bonchev–Trinajstić information content (AvgIpc) is 2.89. The number of carbonyl (C=O) groups excluding carboxylic acids is 3.